The SMILES string of the molecule is COC(=O)C1C[C@H]2[C@@H](C1=O)[C@@]21CCCCC1=O. The molecule has 3 saturated carbocycles. The predicted octanol–water partition coefficient (Wildman–Crippen LogP) is 1.12. The van der Waals surface area contributed by atoms with E-state index >= 15 is 0 Å². The van der Waals surface area contributed by atoms with E-state index in [1.54, 1.807) is 0 Å². The Labute approximate surface area is 99.7 Å². The smallest absolute Gasteiger partial charge is 0.316 e. The number of hydrogen-bond acceptors (Lipinski definition) is 4. The lowest BCUT2D eigenvalue weighted by molar-refractivity contribution is -0.150. The van der Waals surface area contributed by atoms with Gasteiger partial charge < -0.3 is 4.74 Å². The second-order valence-corrected chi connectivity index (χ2v) is 5.47. The van der Waals surface area contributed by atoms with Crippen LogP contribution in [0.1, 0.15) is 32.1 Å². The summed E-state index contributed by atoms with van der Waals surface area (Å²) in [5.41, 5.74) is -0.361. The van der Waals surface area contributed by atoms with Gasteiger partial charge in [0, 0.05) is 17.8 Å². The second-order valence-electron chi connectivity index (χ2n) is 5.47. The molecule has 1 spiro atoms. The van der Waals surface area contributed by atoms with Crippen molar-refractivity contribution in [1.82, 2.24) is 0 Å². The molecule has 3 fully saturated rings. The van der Waals surface area contributed by atoms with Gasteiger partial charge in [0.2, 0.25) is 0 Å². The topological polar surface area (TPSA) is 60.4 Å². The first kappa shape index (κ1) is 10.9. The number of Topliss-reactive ketones (excluding diaryl/α,β-unsaturated/α-hetero) is 2. The molecule has 0 radical (unpaired) electrons. The minimum absolute atomic E-state index is 0.0444. The van der Waals surface area contributed by atoms with E-state index in [9.17, 15) is 14.4 Å². The summed E-state index contributed by atoms with van der Waals surface area (Å²) in [7, 11) is 1.31. The first-order chi connectivity index (χ1) is 8.13. The molecule has 3 rings (SSSR count). The van der Waals surface area contributed by atoms with E-state index in [0.717, 1.165) is 19.3 Å². The molecular weight excluding hydrogens is 220 g/mol. The fraction of sp³-hybridized carbons (Fsp3) is 0.769. The van der Waals surface area contributed by atoms with Crippen molar-refractivity contribution >= 4 is 17.5 Å². The summed E-state index contributed by atoms with van der Waals surface area (Å²) >= 11 is 0. The van der Waals surface area contributed by atoms with E-state index in [-0.39, 0.29) is 28.8 Å². The second kappa shape index (κ2) is 3.40. The Kier molecular flexibility index (Phi) is 2.19. The van der Waals surface area contributed by atoms with Gasteiger partial charge in [-0.25, -0.2) is 0 Å². The van der Waals surface area contributed by atoms with Crippen molar-refractivity contribution in [3.05, 3.63) is 0 Å². The number of esters is 1. The van der Waals surface area contributed by atoms with Crippen molar-refractivity contribution in [1.29, 1.82) is 0 Å². The third kappa shape index (κ3) is 1.21. The predicted molar refractivity (Wildman–Crippen MR) is 58.0 cm³/mol. The van der Waals surface area contributed by atoms with Crippen molar-refractivity contribution in [2.45, 2.75) is 32.1 Å². The number of ketones is 2. The molecule has 92 valence electrons. The number of ether oxygens (including phenoxy) is 1. The summed E-state index contributed by atoms with van der Waals surface area (Å²) in [4.78, 5) is 35.5. The van der Waals surface area contributed by atoms with Crippen LogP contribution in [-0.4, -0.2) is 24.6 Å². The van der Waals surface area contributed by atoms with Gasteiger partial charge in [0.25, 0.3) is 0 Å². The van der Waals surface area contributed by atoms with Gasteiger partial charge in [-0.1, -0.05) is 6.42 Å². The molecule has 0 saturated heterocycles. The molecule has 17 heavy (non-hydrogen) atoms. The molecule has 3 aliphatic carbocycles. The highest BCUT2D eigenvalue weighted by molar-refractivity contribution is 6.09. The van der Waals surface area contributed by atoms with Gasteiger partial charge in [-0.15, -0.1) is 0 Å². The molecule has 1 unspecified atom stereocenters. The highest BCUT2D eigenvalue weighted by Crippen LogP contribution is 2.71. The van der Waals surface area contributed by atoms with Crippen molar-refractivity contribution < 1.29 is 19.1 Å². The van der Waals surface area contributed by atoms with E-state index in [2.05, 4.69) is 4.74 Å². The quantitative estimate of drug-likeness (QED) is 0.505. The van der Waals surface area contributed by atoms with Gasteiger partial charge in [0.1, 0.15) is 11.7 Å². The third-order valence-corrected chi connectivity index (χ3v) is 4.90. The van der Waals surface area contributed by atoms with Crippen LogP contribution < -0.4 is 0 Å². The van der Waals surface area contributed by atoms with Crippen LogP contribution in [0, 0.1) is 23.2 Å². The number of fused-ring (bicyclic) bond motifs is 3. The van der Waals surface area contributed by atoms with Crippen molar-refractivity contribution in [2.75, 3.05) is 7.11 Å². The molecule has 3 aliphatic rings. The minimum atomic E-state index is -0.602. The fourth-order valence-electron chi connectivity index (χ4n) is 4.05. The Morgan fingerprint density at radius 1 is 1.35 bits per heavy atom. The lowest BCUT2D eigenvalue weighted by atomic mass is 9.77. The molecule has 4 atom stereocenters. The minimum Gasteiger partial charge on any atom is -0.468 e. The van der Waals surface area contributed by atoms with E-state index in [1.165, 1.54) is 7.11 Å². The van der Waals surface area contributed by atoms with Gasteiger partial charge in [-0.2, -0.15) is 0 Å². The molecule has 0 aliphatic heterocycles. The lowest BCUT2D eigenvalue weighted by Crippen LogP contribution is -2.33. The van der Waals surface area contributed by atoms with E-state index in [0.29, 0.717) is 12.8 Å². The molecule has 0 bridgehead atoms. The van der Waals surface area contributed by atoms with Gasteiger partial charge in [0.15, 0.2) is 5.78 Å². The molecule has 0 aromatic heterocycles. The van der Waals surface area contributed by atoms with Crippen LogP contribution in [0.15, 0.2) is 0 Å². The van der Waals surface area contributed by atoms with Crippen LogP contribution in [-0.2, 0) is 19.1 Å². The zero-order chi connectivity index (χ0) is 12.2. The van der Waals surface area contributed by atoms with Crippen LogP contribution in [0.4, 0.5) is 0 Å². The van der Waals surface area contributed by atoms with Crippen LogP contribution in [0.3, 0.4) is 0 Å². The van der Waals surface area contributed by atoms with Gasteiger partial charge in [0.05, 0.1) is 7.11 Å². The Hall–Kier alpha value is -1.19. The number of hydrogen-bond donors (Lipinski definition) is 0. The van der Waals surface area contributed by atoms with Crippen molar-refractivity contribution in [3.63, 3.8) is 0 Å². The molecule has 0 aromatic carbocycles. The maximum absolute atomic E-state index is 12.1. The summed E-state index contributed by atoms with van der Waals surface area (Å²) in [5, 5.41) is 0. The van der Waals surface area contributed by atoms with Gasteiger partial charge in [-0.05, 0) is 25.2 Å². The number of rotatable bonds is 1. The normalized spacial score (nSPS) is 43.7. The maximum Gasteiger partial charge on any atom is 0.316 e. The number of methoxy groups -OCH3 is 1. The summed E-state index contributed by atoms with van der Waals surface area (Å²) in [6.07, 6.45) is 3.98. The van der Waals surface area contributed by atoms with E-state index < -0.39 is 11.9 Å². The highest BCUT2D eigenvalue weighted by atomic mass is 16.5. The molecule has 4 heteroatoms. The summed E-state index contributed by atoms with van der Waals surface area (Å²) in [5.74, 6) is -0.852. The Bertz CT molecular complexity index is 414. The lowest BCUT2D eigenvalue weighted by Gasteiger charge is -2.25. The molecule has 4 nitrogen and oxygen atoms in total. The first-order valence-electron chi connectivity index (χ1n) is 6.28. The Morgan fingerprint density at radius 2 is 2.12 bits per heavy atom. The average molecular weight is 236 g/mol. The molecule has 0 amide bonds. The summed E-state index contributed by atoms with van der Waals surface area (Å²) < 4.78 is 4.63. The standard InChI is InChI=1S/C13H16O4/c1-17-12(16)7-6-8-10(11(7)15)13(8)5-3-2-4-9(13)14/h7-8,10H,2-6H2,1H3/t7?,8-,10-,13-/m0/s1. The van der Waals surface area contributed by atoms with Crippen LogP contribution >= 0.6 is 0 Å². The monoisotopic (exact) mass is 236 g/mol. The number of carbonyl (C=O) groups is 3. The first-order valence-corrected chi connectivity index (χ1v) is 6.28. The largest absolute Gasteiger partial charge is 0.468 e. The molecule has 0 aromatic rings. The summed E-state index contributed by atoms with van der Waals surface area (Å²) in [6, 6.07) is 0. The molecule has 0 N–H and O–H groups in total. The van der Waals surface area contributed by atoms with Gasteiger partial charge in [-0.3, -0.25) is 14.4 Å². The summed E-state index contributed by atoms with van der Waals surface area (Å²) in [6.45, 7) is 0. The van der Waals surface area contributed by atoms with Gasteiger partial charge >= 0.3 is 5.97 Å². The average Bonchev–Trinajstić information content (AvgIpc) is 2.81. The van der Waals surface area contributed by atoms with E-state index in [1.807, 2.05) is 0 Å². The molecule has 0 heterocycles. The van der Waals surface area contributed by atoms with Crippen molar-refractivity contribution in [3.8, 4) is 0 Å². The zero-order valence-corrected chi connectivity index (χ0v) is 9.90. The van der Waals surface area contributed by atoms with Crippen LogP contribution in [0.2, 0.25) is 0 Å². The third-order valence-electron chi connectivity index (χ3n) is 4.90. The maximum atomic E-state index is 12.1. The Balaban J connectivity index is 1.80. The van der Waals surface area contributed by atoms with E-state index in [4.69, 9.17) is 0 Å². The fourth-order valence-corrected chi connectivity index (χ4v) is 4.05. The Morgan fingerprint density at radius 3 is 2.65 bits per heavy atom. The van der Waals surface area contributed by atoms with Crippen LogP contribution in [0.25, 0.3) is 0 Å². The highest BCUT2D eigenvalue weighted by Gasteiger charge is 2.76. The number of carbonyl (C=O) groups excluding carboxylic acids is 3. The molecular formula is C13H16O4. The zero-order valence-electron chi connectivity index (χ0n) is 9.90. The van der Waals surface area contributed by atoms with Crippen LogP contribution in [0.5, 0.6) is 0 Å². The van der Waals surface area contributed by atoms with Crippen molar-refractivity contribution in [2.24, 2.45) is 23.2 Å².